The van der Waals surface area contributed by atoms with E-state index in [9.17, 15) is 9.59 Å². The molecule has 0 unspecified atom stereocenters. The van der Waals surface area contributed by atoms with Crippen LogP contribution in [0.2, 0.25) is 0 Å². The second kappa shape index (κ2) is 7.71. The summed E-state index contributed by atoms with van der Waals surface area (Å²) in [5, 5.41) is 0.525. The molecule has 7 nitrogen and oxygen atoms in total. The van der Waals surface area contributed by atoms with Gasteiger partial charge in [-0.15, -0.1) is 0 Å². The van der Waals surface area contributed by atoms with E-state index in [1.807, 2.05) is 36.4 Å². The SMILES string of the molecule is Cc1oc(-c2ccccc2)nc1CC(=O)N(C)Cc1nc2ccccc2c(=O)[nH]1. The Morgan fingerprint density at radius 1 is 1.07 bits per heavy atom. The van der Waals surface area contributed by atoms with E-state index in [0.29, 0.717) is 34.1 Å². The molecule has 0 spiro atoms. The van der Waals surface area contributed by atoms with Crippen LogP contribution in [-0.2, 0) is 17.8 Å². The number of hydrogen-bond acceptors (Lipinski definition) is 5. The summed E-state index contributed by atoms with van der Waals surface area (Å²) in [6.45, 7) is 1.99. The summed E-state index contributed by atoms with van der Waals surface area (Å²) in [5.41, 5.74) is 1.85. The molecule has 0 saturated carbocycles. The molecule has 29 heavy (non-hydrogen) atoms. The fourth-order valence-electron chi connectivity index (χ4n) is 3.10. The molecule has 146 valence electrons. The fourth-order valence-corrected chi connectivity index (χ4v) is 3.10. The molecule has 0 aliphatic heterocycles. The highest BCUT2D eigenvalue weighted by Gasteiger charge is 2.18. The van der Waals surface area contributed by atoms with E-state index in [1.54, 1.807) is 32.2 Å². The first-order chi connectivity index (χ1) is 14.0. The number of nitrogens with one attached hydrogen (secondary N) is 1. The predicted octanol–water partition coefficient (Wildman–Crippen LogP) is 3.09. The van der Waals surface area contributed by atoms with Gasteiger partial charge in [-0.05, 0) is 31.2 Å². The van der Waals surface area contributed by atoms with Gasteiger partial charge in [0.15, 0.2) is 0 Å². The lowest BCUT2D eigenvalue weighted by molar-refractivity contribution is -0.129. The van der Waals surface area contributed by atoms with Crippen LogP contribution < -0.4 is 5.56 Å². The maximum absolute atomic E-state index is 12.7. The number of H-pyrrole nitrogens is 1. The van der Waals surface area contributed by atoms with Crippen molar-refractivity contribution in [2.24, 2.45) is 0 Å². The lowest BCUT2D eigenvalue weighted by Gasteiger charge is -2.16. The van der Waals surface area contributed by atoms with Gasteiger partial charge >= 0.3 is 0 Å². The number of aromatic amines is 1. The second-order valence-electron chi connectivity index (χ2n) is 6.84. The van der Waals surface area contributed by atoms with E-state index >= 15 is 0 Å². The Kier molecular flexibility index (Phi) is 4.95. The van der Waals surface area contributed by atoms with Crippen LogP contribution in [0.4, 0.5) is 0 Å². The summed E-state index contributed by atoms with van der Waals surface area (Å²) in [6, 6.07) is 16.7. The van der Waals surface area contributed by atoms with Crippen molar-refractivity contribution in [2.45, 2.75) is 19.9 Å². The largest absolute Gasteiger partial charge is 0.441 e. The van der Waals surface area contributed by atoms with Crippen molar-refractivity contribution in [1.82, 2.24) is 19.9 Å². The molecule has 0 atom stereocenters. The summed E-state index contributed by atoms with van der Waals surface area (Å²) >= 11 is 0. The van der Waals surface area contributed by atoms with E-state index in [1.165, 1.54) is 4.90 Å². The van der Waals surface area contributed by atoms with E-state index in [4.69, 9.17) is 4.42 Å². The van der Waals surface area contributed by atoms with Crippen LogP contribution in [0.15, 0.2) is 63.8 Å². The van der Waals surface area contributed by atoms with Gasteiger partial charge in [0.05, 0.1) is 29.6 Å². The van der Waals surface area contributed by atoms with Gasteiger partial charge in [-0.2, -0.15) is 0 Å². The van der Waals surface area contributed by atoms with Gasteiger partial charge in [0.25, 0.3) is 5.56 Å². The van der Waals surface area contributed by atoms with Crippen molar-refractivity contribution in [1.29, 1.82) is 0 Å². The molecule has 1 amide bonds. The van der Waals surface area contributed by atoms with E-state index in [2.05, 4.69) is 15.0 Å². The molecule has 0 saturated heterocycles. The predicted molar refractivity (Wildman–Crippen MR) is 109 cm³/mol. The van der Waals surface area contributed by atoms with Crippen LogP contribution in [0.5, 0.6) is 0 Å². The first-order valence-corrected chi connectivity index (χ1v) is 9.25. The number of hydrogen-bond donors (Lipinski definition) is 1. The van der Waals surface area contributed by atoms with Gasteiger partial charge in [-0.1, -0.05) is 30.3 Å². The van der Waals surface area contributed by atoms with Crippen LogP contribution in [0, 0.1) is 6.92 Å². The number of benzene rings is 2. The zero-order valence-corrected chi connectivity index (χ0v) is 16.2. The Labute approximate surface area is 167 Å². The molecule has 0 fully saturated rings. The van der Waals surface area contributed by atoms with Gasteiger partial charge in [-0.3, -0.25) is 9.59 Å². The minimum Gasteiger partial charge on any atom is -0.441 e. The third kappa shape index (κ3) is 3.94. The van der Waals surface area contributed by atoms with Crippen LogP contribution in [0.1, 0.15) is 17.3 Å². The number of amides is 1. The van der Waals surface area contributed by atoms with Crippen molar-refractivity contribution in [3.8, 4) is 11.5 Å². The van der Waals surface area contributed by atoms with Crippen molar-refractivity contribution in [2.75, 3.05) is 7.05 Å². The Hall–Kier alpha value is -3.74. The molecule has 2 aromatic heterocycles. The summed E-state index contributed by atoms with van der Waals surface area (Å²) in [4.78, 5) is 38.1. The molecular weight excluding hydrogens is 368 g/mol. The average molecular weight is 388 g/mol. The number of carbonyl (C=O) groups is 1. The molecule has 4 aromatic rings. The Balaban J connectivity index is 1.49. The number of carbonyl (C=O) groups excluding carboxylic acids is 1. The second-order valence-corrected chi connectivity index (χ2v) is 6.84. The minimum absolute atomic E-state index is 0.108. The molecule has 0 bridgehead atoms. The first-order valence-electron chi connectivity index (χ1n) is 9.25. The highest BCUT2D eigenvalue weighted by Crippen LogP contribution is 2.22. The van der Waals surface area contributed by atoms with Crippen molar-refractivity contribution in [3.63, 3.8) is 0 Å². The minimum atomic E-state index is -0.216. The standard InChI is InChI=1S/C22H20N4O3/c1-14-18(24-22(29-14)15-8-4-3-5-9-15)12-20(27)26(2)13-19-23-17-11-7-6-10-16(17)21(28)25-19/h3-11H,12-13H2,1-2H3,(H,23,25,28). The molecule has 4 rings (SSSR count). The maximum Gasteiger partial charge on any atom is 0.258 e. The number of oxazole rings is 1. The van der Waals surface area contributed by atoms with Crippen molar-refractivity contribution >= 4 is 16.8 Å². The zero-order chi connectivity index (χ0) is 20.4. The highest BCUT2D eigenvalue weighted by molar-refractivity contribution is 5.79. The van der Waals surface area contributed by atoms with E-state index < -0.39 is 0 Å². The lowest BCUT2D eigenvalue weighted by atomic mass is 10.2. The third-order valence-corrected chi connectivity index (χ3v) is 4.71. The van der Waals surface area contributed by atoms with Crippen LogP contribution in [0.25, 0.3) is 22.4 Å². The van der Waals surface area contributed by atoms with Crippen LogP contribution in [0.3, 0.4) is 0 Å². The summed E-state index contributed by atoms with van der Waals surface area (Å²) in [7, 11) is 1.67. The molecular formula is C22H20N4O3. The van der Waals surface area contributed by atoms with E-state index in [-0.39, 0.29) is 24.4 Å². The molecule has 0 radical (unpaired) electrons. The number of para-hydroxylation sites is 1. The number of rotatable bonds is 5. The molecule has 0 aliphatic rings. The van der Waals surface area contributed by atoms with Crippen molar-refractivity contribution < 1.29 is 9.21 Å². The Bertz CT molecular complexity index is 1230. The van der Waals surface area contributed by atoms with Gasteiger partial charge in [0.1, 0.15) is 11.6 Å². The fraction of sp³-hybridized carbons (Fsp3) is 0.182. The highest BCUT2D eigenvalue weighted by atomic mass is 16.4. The van der Waals surface area contributed by atoms with Crippen LogP contribution >= 0.6 is 0 Å². The van der Waals surface area contributed by atoms with Crippen LogP contribution in [-0.4, -0.2) is 32.8 Å². The number of aromatic nitrogens is 3. The van der Waals surface area contributed by atoms with Crippen molar-refractivity contribution in [3.05, 3.63) is 82.2 Å². The molecule has 7 heteroatoms. The quantitative estimate of drug-likeness (QED) is 0.567. The monoisotopic (exact) mass is 388 g/mol. The smallest absolute Gasteiger partial charge is 0.258 e. The number of fused-ring (bicyclic) bond motifs is 1. The molecule has 1 N–H and O–H groups in total. The third-order valence-electron chi connectivity index (χ3n) is 4.71. The summed E-state index contributed by atoms with van der Waals surface area (Å²) in [6.07, 6.45) is 0.108. The zero-order valence-electron chi connectivity index (χ0n) is 16.2. The van der Waals surface area contributed by atoms with Gasteiger partial charge < -0.3 is 14.3 Å². The number of aryl methyl sites for hydroxylation is 1. The normalized spacial score (nSPS) is 11.0. The topological polar surface area (TPSA) is 92.1 Å². The lowest BCUT2D eigenvalue weighted by Crippen LogP contribution is -2.29. The first kappa shape index (κ1) is 18.6. The Morgan fingerprint density at radius 3 is 2.59 bits per heavy atom. The van der Waals surface area contributed by atoms with Gasteiger partial charge in [-0.25, -0.2) is 9.97 Å². The number of nitrogens with zero attached hydrogens (tertiary/aromatic N) is 3. The summed E-state index contributed by atoms with van der Waals surface area (Å²) < 4.78 is 5.72. The molecule has 2 aromatic carbocycles. The molecule has 0 aliphatic carbocycles. The number of likely N-dealkylation sites (N-methyl/N-ethyl adjacent to an activating group) is 1. The van der Waals surface area contributed by atoms with Gasteiger partial charge in [0, 0.05) is 12.6 Å². The molecule has 2 heterocycles. The Morgan fingerprint density at radius 2 is 1.79 bits per heavy atom. The van der Waals surface area contributed by atoms with E-state index in [0.717, 1.165) is 5.56 Å². The van der Waals surface area contributed by atoms with Gasteiger partial charge in [0.2, 0.25) is 11.8 Å². The average Bonchev–Trinajstić information content (AvgIpc) is 3.09. The summed E-state index contributed by atoms with van der Waals surface area (Å²) in [5.74, 6) is 1.40. The maximum atomic E-state index is 12.7.